The zero-order valence-corrected chi connectivity index (χ0v) is 8.66. The average molecular weight is 221 g/mol. The molecule has 0 saturated heterocycles. The van der Waals surface area contributed by atoms with E-state index in [0.717, 1.165) is 16.3 Å². The highest BCUT2D eigenvalue weighted by Crippen LogP contribution is 2.23. The molecule has 2 aromatic rings. The molecule has 0 saturated carbocycles. The number of aromatic nitrogens is 1. The molecule has 0 aliphatic carbocycles. The van der Waals surface area contributed by atoms with Crippen LogP contribution in [0.1, 0.15) is 5.56 Å². The first-order valence-corrected chi connectivity index (χ1v) is 4.85. The molecule has 2 N–H and O–H groups in total. The van der Waals surface area contributed by atoms with Gasteiger partial charge in [0.1, 0.15) is 0 Å². The van der Waals surface area contributed by atoms with Crippen molar-refractivity contribution in [3.8, 4) is 0 Å². The number of benzene rings is 1. The monoisotopic (exact) mass is 220 g/mol. The van der Waals surface area contributed by atoms with Crippen molar-refractivity contribution < 1.29 is 4.79 Å². The van der Waals surface area contributed by atoms with E-state index in [1.807, 2.05) is 12.1 Å². The standard InChI is InChI=1S/C11H9ClN2O/c12-9-3-7(5-11(13)15)10-1-2-14-6-8(10)4-9/h1-4,6H,5H2,(H2,13,15). The third kappa shape index (κ3) is 2.07. The molecular weight excluding hydrogens is 212 g/mol. The second-order valence-electron chi connectivity index (χ2n) is 3.30. The molecule has 3 nitrogen and oxygen atoms in total. The van der Waals surface area contributed by atoms with Crippen LogP contribution in [-0.2, 0) is 11.2 Å². The molecular formula is C11H9ClN2O. The number of hydrogen-bond donors (Lipinski definition) is 1. The smallest absolute Gasteiger partial charge is 0.221 e. The molecule has 0 spiro atoms. The Kier molecular flexibility index (Phi) is 2.56. The molecule has 2 rings (SSSR count). The van der Waals surface area contributed by atoms with Crippen molar-refractivity contribution in [2.45, 2.75) is 6.42 Å². The summed E-state index contributed by atoms with van der Waals surface area (Å²) in [5.41, 5.74) is 6.01. The Bertz CT molecular complexity index is 525. The van der Waals surface area contributed by atoms with Gasteiger partial charge < -0.3 is 5.73 Å². The van der Waals surface area contributed by atoms with Gasteiger partial charge in [0.2, 0.25) is 5.91 Å². The summed E-state index contributed by atoms with van der Waals surface area (Å²) in [6.45, 7) is 0. The minimum absolute atomic E-state index is 0.196. The van der Waals surface area contributed by atoms with Crippen molar-refractivity contribution in [1.82, 2.24) is 4.98 Å². The molecule has 0 unspecified atom stereocenters. The minimum atomic E-state index is -0.365. The first-order chi connectivity index (χ1) is 7.16. The van der Waals surface area contributed by atoms with Crippen molar-refractivity contribution in [2.24, 2.45) is 5.73 Å². The van der Waals surface area contributed by atoms with Gasteiger partial charge in [0, 0.05) is 22.8 Å². The Balaban J connectivity index is 2.65. The lowest BCUT2D eigenvalue weighted by molar-refractivity contribution is -0.117. The van der Waals surface area contributed by atoms with Crippen LogP contribution in [0.25, 0.3) is 10.8 Å². The van der Waals surface area contributed by atoms with E-state index in [0.29, 0.717) is 5.02 Å². The van der Waals surface area contributed by atoms with E-state index in [2.05, 4.69) is 4.98 Å². The molecule has 0 aliphatic heterocycles. The van der Waals surface area contributed by atoms with Crippen LogP contribution in [0.5, 0.6) is 0 Å². The Hall–Kier alpha value is -1.61. The van der Waals surface area contributed by atoms with Gasteiger partial charge in [-0.25, -0.2) is 0 Å². The average Bonchev–Trinajstić information content (AvgIpc) is 2.16. The van der Waals surface area contributed by atoms with Crippen molar-refractivity contribution in [1.29, 1.82) is 0 Å². The van der Waals surface area contributed by atoms with Gasteiger partial charge in [0.15, 0.2) is 0 Å². The van der Waals surface area contributed by atoms with Crippen LogP contribution in [0.15, 0.2) is 30.6 Å². The topological polar surface area (TPSA) is 56.0 Å². The quantitative estimate of drug-likeness (QED) is 0.841. The van der Waals surface area contributed by atoms with E-state index in [-0.39, 0.29) is 12.3 Å². The molecule has 0 fully saturated rings. The van der Waals surface area contributed by atoms with Crippen molar-refractivity contribution in [2.75, 3.05) is 0 Å². The Labute approximate surface area is 91.9 Å². The number of carbonyl (C=O) groups is 1. The van der Waals surface area contributed by atoms with Crippen LogP contribution >= 0.6 is 11.6 Å². The SMILES string of the molecule is NC(=O)Cc1cc(Cl)cc2cnccc12. The van der Waals surface area contributed by atoms with Gasteiger partial charge in [0.05, 0.1) is 6.42 Å². The van der Waals surface area contributed by atoms with Gasteiger partial charge in [0.25, 0.3) is 0 Å². The van der Waals surface area contributed by atoms with Gasteiger partial charge in [-0.3, -0.25) is 9.78 Å². The van der Waals surface area contributed by atoms with Crippen LogP contribution in [0.3, 0.4) is 0 Å². The molecule has 0 aliphatic rings. The third-order valence-corrected chi connectivity index (χ3v) is 2.39. The number of hydrogen-bond acceptors (Lipinski definition) is 2. The van der Waals surface area contributed by atoms with Gasteiger partial charge in [-0.2, -0.15) is 0 Å². The third-order valence-electron chi connectivity index (χ3n) is 2.17. The summed E-state index contributed by atoms with van der Waals surface area (Å²) >= 11 is 5.93. The molecule has 1 amide bonds. The van der Waals surface area contributed by atoms with E-state index in [1.165, 1.54) is 0 Å². The molecule has 1 aromatic heterocycles. The van der Waals surface area contributed by atoms with E-state index in [9.17, 15) is 4.79 Å². The molecule has 0 atom stereocenters. The van der Waals surface area contributed by atoms with Crippen LogP contribution in [0.4, 0.5) is 0 Å². The van der Waals surface area contributed by atoms with Crippen molar-refractivity contribution >= 4 is 28.3 Å². The van der Waals surface area contributed by atoms with Crippen LogP contribution in [-0.4, -0.2) is 10.9 Å². The van der Waals surface area contributed by atoms with Gasteiger partial charge in [-0.05, 0) is 29.1 Å². The summed E-state index contributed by atoms with van der Waals surface area (Å²) in [7, 11) is 0. The zero-order valence-electron chi connectivity index (χ0n) is 7.90. The van der Waals surface area contributed by atoms with Crippen molar-refractivity contribution in [3.63, 3.8) is 0 Å². The maximum atomic E-state index is 10.9. The zero-order chi connectivity index (χ0) is 10.8. The predicted octanol–water partition coefficient (Wildman–Crippen LogP) is 1.92. The summed E-state index contributed by atoms with van der Waals surface area (Å²) in [6.07, 6.45) is 3.59. The largest absolute Gasteiger partial charge is 0.369 e. The minimum Gasteiger partial charge on any atom is -0.369 e. The number of fused-ring (bicyclic) bond motifs is 1. The fourth-order valence-corrected chi connectivity index (χ4v) is 1.83. The van der Waals surface area contributed by atoms with E-state index in [4.69, 9.17) is 17.3 Å². The van der Waals surface area contributed by atoms with Gasteiger partial charge >= 0.3 is 0 Å². The maximum Gasteiger partial charge on any atom is 0.221 e. The Morgan fingerprint density at radius 2 is 2.27 bits per heavy atom. The maximum absolute atomic E-state index is 10.9. The Morgan fingerprint density at radius 3 is 3.00 bits per heavy atom. The van der Waals surface area contributed by atoms with Gasteiger partial charge in [-0.1, -0.05) is 11.6 Å². The lowest BCUT2D eigenvalue weighted by Gasteiger charge is -2.05. The summed E-state index contributed by atoms with van der Waals surface area (Å²) in [5.74, 6) is -0.365. The second-order valence-corrected chi connectivity index (χ2v) is 3.74. The van der Waals surface area contributed by atoms with E-state index < -0.39 is 0 Å². The summed E-state index contributed by atoms with van der Waals surface area (Å²) in [5, 5.41) is 2.47. The predicted molar refractivity (Wildman–Crippen MR) is 59.7 cm³/mol. The summed E-state index contributed by atoms with van der Waals surface area (Å²) in [4.78, 5) is 14.9. The number of pyridine rings is 1. The molecule has 15 heavy (non-hydrogen) atoms. The molecule has 4 heteroatoms. The second kappa shape index (κ2) is 3.87. The lowest BCUT2D eigenvalue weighted by atomic mass is 10.0. The molecule has 0 radical (unpaired) electrons. The number of amides is 1. The summed E-state index contributed by atoms with van der Waals surface area (Å²) in [6, 6.07) is 5.42. The number of halogens is 1. The van der Waals surface area contributed by atoms with E-state index in [1.54, 1.807) is 18.5 Å². The fraction of sp³-hybridized carbons (Fsp3) is 0.0909. The number of rotatable bonds is 2. The normalized spacial score (nSPS) is 10.5. The summed E-state index contributed by atoms with van der Waals surface area (Å²) < 4.78 is 0. The highest BCUT2D eigenvalue weighted by molar-refractivity contribution is 6.31. The number of carbonyl (C=O) groups excluding carboxylic acids is 1. The first kappa shape index (κ1) is 9.93. The Morgan fingerprint density at radius 1 is 1.47 bits per heavy atom. The van der Waals surface area contributed by atoms with Crippen molar-refractivity contribution in [3.05, 3.63) is 41.2 Å². The molecule has 76 valence electrons. The highest BCUT2D eigenvalue weighted by Gasteiger charge is 2.05. The molecule has 1 heterocycles. The fourth-order valence-electron chi connectivity index (χ4n) is 1.58. The van der Waals surface area contributed by atoms with Gasteiger partial charge in [-0.15, -0.1) is 0 Å². The first-order valence-electron chi connectivity index (χ1n) is 4.47. The highest BCUT2D eigenvalue weighted by atomic mass is 35.5. The molecule has 1 aromatic carbocycles. The number of nitrogens with zero attached hydrogens (tertiary/aromatic N) is 1. The van der Waals surface area contributed by atoms with Crippen LogP contribution in [0.2, 0.25) is 5.02 Å². The van der Waals surface area contributed by atoms with Crippen LogP contribution in [0, 0.1) is 0 Å². The number of nitrogens with two attached hydrogens (primary N) is 1. The van der Waals surface area contributed by atoms with E-state index >= 15 is 0 Å². The molecule has 0 bridgehead atoms. The lowest BCUT2D eigenvalue weighted by Crippen LogP contribution is -2.13. The number of primary amides is 1. The van der Waals surface area contributed by atoms with Crippen LogP contribution < -0.4 is 5.73 Å².